The van der Waals surface area contributed by atoms with E-state index in [4.69, 9.17) is 11.6 Å². The Morgan fingerprint density at radius 1 is 0.893 bits per heavy atom. The molecule has 1 aromatic heterocycles. The fraction of sp³-hybridized carbons (Fsp3) is 0.136. The van der Waals surface area contributed by atoms with Crippen LogP contribution in [-0.4, -0.2) is 20.9 Å². The number of aryl methyl sites for hydroxylation is 3. The predicted molar refractivity (Wildman–Crippen MR) is 112 cm³/mol. The number of fused-ring (bicyclic) bond motifs is 1. The molecule has 0 saturated heterocycles. The van der Waals surface area contributed by atoms with Crippen molar-refractivity contribution in [3.8, 4) is 5.69 Å². The van der Waals surface area contributed by atoms with Crippen molar-refractivity contribution >= 4 is 34.2 Å². The van der Waals surface area contributed by atoms with E-state index in [1.165, 1.54) is 0 Å². The Kier molecular flexibility index (Phi) is 4.61. The van der Waals surface area contributed by atoms with Crippen molar-refractivity contribution in [2.75, 3.05) is 5.32 Å². The molecule has 28 heavy (non-hydrogen) atoms. The molecule has 0 aliphatic carbocycles. The molecule has 0 unspecified atom stereocenters. The fourth-order valence-electron chi connectivity index (χ4n) is 3.19. The number of carbonyl (C=O) groups is 1. The van der Waals surface area contributed by atoms with Crippen molar-refractivity contribution in [1.29, 1.82) is 0 Å². The highest BCUT2D eigenvalue weighted by Gasteiger charge is 2.12. The molecule has 5 nitrogen and oxygen atoms in total. The number of nitrogens with zero attached hydrogens (tertiary/aromatic N) is 3. The van der Waals surface area contributed by atoms with Crippen LogP contribution in [0, 0.1) is 20.8 Å². The van der Waals surface area contributed by atoms with Gasteiger partial charge in [0.15, 0.2) is 0 Å². The Hall–Kier alpha value is -3.18. The van der Waals surface area contributed by atoms with E-state index in [2.05, 4.69) is 15.5 Å². The first kappa shape index (κ1) is 18.2. The van der Waals surface area contributed by atoms with Crippen LogP contribution in [0.2, 0.25) is 5.02 Å². The van der Waals surface area contributed by atoms with Gasteiger partial charge >= 0.3 is 0 Å². The van der Waals surface area contributed by atoms with Gasteiger partial charge in [-0.15, -0.1) is 10.2 Å². The van der Waals surface area contributed by atoms with E-state index in [0.717, 1.165) is 33.6 Å². The smallest absolute Gasteiger partial charge is 0.255 e. The number of hydrogen-bond acceptors (Lipinski definition) is 3. The number of aromatic nitrogens is 3. The van der Waals surface area contributed by atoms with Crippen molar-refractivity contribution in [2.24, 2.45) is 0 Å². The summed E-state index contributed by atoms with van der Waals surface area (Å²) in [6.07, 6.45) is 0. The second kappa shape index (κ2) is 7.09. The normalized spacial score (nSPS) is 11.0. The number of benzene rings is 3. The fourth-order valence-corrected chi connectivity index (χ4v) is 3.32. The van der Waals surface area contributed by atoms with Gasteiger partial charge < -0.3 is 5.32 Å². The van der Waals surface area contributed by atoms with Crippen LogP contribution in [0.5, 0.6) is 0 Å². The molecule has 0 bridgehead atoms. The van der Waals surface area contributed by atoms with Gasteiger partial charge in [0.2, 0.25) is 0 Å². The molecular weight excluding hydrogens is 372 g/mol. The molecule has 6 heteroatoms. The van der Waals surface area contributed by atoms with Crippen LogP contribution in [-0.2, 0) is 0 Å². The maximum absolute atomic E-state index is 12.7. The van der Waals surface area contributed by atoms with E-state index in [0.29, 0.717) is 16.1 Å². The molecule has 0 radical (unpaired) electrons. The Morgan fingerprint density at radius 3 is 2.14 bits per heavy atom. The zero-order chi connectivity index (χ0) is 19.8. The third-order valence-electron chi connectivity index (χ3n) is 4.52. The van der Waals surface area contributed by atoms with Gasteiger partial charge in [-0.1, -0.05) is 28.8 Å². The van der Waals surface area contributed by atoms with Crippen LogP contribution >= 0.6 is 11.6 Å². The monoisotopic (exact) mass is 390 g/mol. The second-order valence-electron chi connectivity index (χ2n) is 6.95. The zero-order valence-electron chi connectivity index (χ0n) is 15.8. The summed E-state index contributed by atoms with van der Waals surface area (Å²) < 4.78 is 0. The van der Waals surface area contributed by atoms with E-state index in [1.54, 1.807) is 16.9 Å². The van der Waals surface area contributed by atoms with Gasteiger partial charge in [0.1, 0.15) is 11.0 Å². The lowest BCUT2D eigenvalue weighted by atomic mass is 10.1. The van der Waals surface area contributed by atoms with E-state index < -0.39 is 0 Å². The number of nitrogens with one attached hydrogen (secondary N) is 1. The minimum Gasteiger partial charge on any atom is -0.322 e. The Balaban J connectivity index is 1.67. The van der Waals surface area contributed by atoms with Crippen molar-refractivity contribution in [2.45, 2.75) is 20.8 Å². The van der Waals surface area contributed by atoms with Crippen LogP contribution in [0.4, 0.5) is 5.69 Å². The molecule has 140 valence electrons. The first-order valence-corrected chi connectivity index (χ1v) is 9.30. The predicted octanol–water partition coefficient (Wildman–Crippen LogP) is 5.25. The number of halogens is 1. The average Bonchev–Trinajstić information content (AvgIpc) is 3.04. The summed E-state index contributed by atoms with van der Waals surface area (Å²) in [5.41, 5.74) is 6.69. The van der Waals surface area contributed by atoms with Crippen LogP contribution in [0.15, 0.2) is 54.6 Å². The maximum atomic E-state index is 12.7. The molecule has 0 atom stereocenters. The SMILES string of the molecule is Cc1cc(C)cc(C(=O)Nc2cc3nn(-c4ccc(Cl)cc4)nc3cc2C)c1. The summed E-state index contributed by atoms with van der Waals surface area (Å²) in [5, 5.41) is 12.7. The van der Waals surface area contributed by atoms with Gasteiger partial charge in [-0.3, -0.25) is 4.79 Å². The van der Waals surface area contributed by atoms with Crippen LogP contribution in [0.3, 0.4) is 0 Å². The summed E-state index contributed by atoms with van der Waals surface area (Å²) in [4.78, 5) is 14.3. The summed E-state index contributed by atoms with van der Waals surface area (Å²) in [7, 11) is 0. The summed E-state index contributed by atoms with van der Waals surface area (Å²) in [6.45, 7) is 5.91. The highest BCUT2D eigenvalue weighted by Crippen LogP contribution is 2.23. The topological polar surface area (TPSA) is 59.8 Å². The van der Waals surface area contributed by atoms with Gasteiger partial charge in [0.05, 0.1) is 5.69 Å². The number of rotatable bonds is 3. The third kappa shape index (κ3) is 3.62. The Bertz CT molecular complexity index is 1180. The van der Waals surface area contributed by atoms with E-state index in [1.807, 2.05) is 63.2 Å². The Labute approximate surface area is 167 Å². The second-order valence-corrected chi connectivity index (χ2v) is 7.39. The molecule has 3 aromatic carbocycles. The molecule has 0 spiro atoms. The highest BCUT2D eigenvalue weighted by molar-refractivity contribution is 6.30. The minimum absolute atomic E-state index is 0.139. The number of hydrogen-bond donors (Lipinski definition) is 1. The summed E-state index contributed by atoms with van der Waals surface area (Å²) in [6, 6.07) is 16.9. The molecule has 1 N–H and O–H groups in total. The summed E-state index contributed by atoms with van der Waals surface area (Å²) in [5.74, 6) is -0.139. The number of anilines is 1. The van der Waals surface area contributed by atoms with E-state index in [9.17, 15) is 4.79 Å². The summed E-state index contributed by atoms with van der Waals surface area (Å²) >= 11 is 5.95. The third-order valence-corrected chi connectivity index (χ3v) is 4.77. The first-order chi connectivity index (χ1) is 13.4. The van der Waals surface area contributed by atoms with Crippen LogP contribution < -0.4 is 5.32 Å². The van der Waals surface area contributed by atoms with Gasteiger partial charge in [-0.05, 0) is 74.9 Å². The number of carbonyl (C=O) groups excluding carboxylic acids is 1. The van der Waals surface area contributed by atoms with Crippen molar-refractivity contribution < 1.29 is 4.79 Å². The molecule has 1 heterocycles. The van der Waals surface area contributed by atoms with Crippen molar-refractivity contribution in [1.82, 2.24) is 15.0 Å². The molecular formula is C22H19ClN4O. The Morgan fingerprint density at radius 2 is 1.50 bits per heavy atom. The lowest BCUT2D eigenvalue weighted by Gasteiger charge is -2.09. The van der Waals surface area contributed by atoms with Crippen molar-refractivity contribution in [3.63, 3.8) is 0 Å². The lowest BCUT2D eigenvalue weighted by molar-refractivity contribution is 0.102. The minimum atomic E-state index is -0.139. The molecule has 4 rings (SSSR count). The largest absolute Gasteiger partial charge is 0.322 e. The molecule has 1 amide bonds. The standard InChI is InChI=1S/C22H19ClN4O/c1-13-8-14(2)10-16(9-13)22(28)24-19-12-21-20(11-15(19)3)25-27(26-21)18-6-4-17(23)5-7-18/h4-12H,1-3H3,(H,24,28). The van der Waals surface area contributed by atoms with E-state index in [-0.39, 0.29) is 5.91 Å². The molecule has 0 aliphatic rings. The van der Waals surface area contributed by atoms with Crippen LogP contribution in [0.1, 0.15) is 27.0 Å². The first-order valence-electron chi connectivity index (χ1n) is 8.92. The molecule has 0 fully saturated rings. The van der Waals surface area contributed by atoms with Gasteiger partial charge in [0, 0.05) is 16.3 Å². The lowest BCUT2D eigenvalue weighted by Crippen LogP contribution is -2.13. The van der Waals surface area contributed by atoms with Gasteiger partial charge in [-0.2, -0.15) is 4.80 Å². The molecule has 0 saturated carbocycles. The van der Waals surface area contributed by atoms with E-state index >= 15 is 0 Å². The highest BCUT2D eigenvalue weighted by atomic mass is 35.5. The van der Waals surface area contributed by atoms with Crippen LogP contribution in [0.25, 0.3) is 16.7 Å². The van der Waals surface area contributed by atoms with Crippen molar-refractivity contribution in [3.05, 3.63) is 81.9 Å². The molecule has 4 aromatic rings. The quantitative estimate of drug-likeness (QED) is 0.519. The van der Waals surface area contributed by atoms with Gasteiger partial charge in [-0.25, -0.2) is 0 Å². The average molecular weight is 391 g/mol. The number of amides is 1. The molecule has 0 aliphatic heterocycles. The van der Waals surface area contributed by atoms with Gasteiger partial charge in [0.25, 0.3) is 5.91 Å². The maximum Gasteiger partial charge on any atom is 0.255 e. The zero-order valence-corrected chi connectivity index (χ0v) is 16.6.